The van der Waals surface area contributed by atoms with Crippen molar-refractivity contribution in [1.29, 1.82) is 0 Å². The number of benzene rings is 2. The highest BCUT2D eigenvalue weighted by Crippen LogP contribution is 2.28. The van der Waals surface area contributed by atoms with Crippen molar-refractivity contribution >= 4 is 35.1 Å². The molecule has 0 aliphatic carbocycles. The summed E-state index contributed by atoms with van der Waals surface area (Å²) in [6, 6.07) is 15.8. The van der Waals surface area contributed by atoms with Gasteiger partial charge in [0.1, 0.15) is 6.33 Å². The first-order valence-electron chi connectivity index (χ1n) is 10.1. The van der Waals surface area contributed by atoms with E-state index in [4.69, 9.17) is 0 Å². The van der Waals surface area contributed by atoms with Crippen LogP contribution in [0.3, 0.4) is 0 Å². The molecule has 0 atom stereocenters. The molecule has 164 valence electrons. The average Bonchev–Trinajstić information content (AvgIpc) is 3.39. The van der Waals surface area contributed by atoms with Gasteiger partial charge >= 0.3 is 0 Å². The van der Waals surface area contributed by atoms with Crippen LogP contribution in [0.15, 0.2) is 70.1 Å². The van der Waals surface area contributed by atoms with Crippen molar-refractivity contribution in [3.8, 4) is 11.4 Å². The van der Waals surface area contributed by atoms with Crippen LogP contribution in [-0.4, -0.2) is 41.2 Å². The molecule has 2 heterocycles. The minimum atomic E-state index is -0.0909. The van der Waals surface area contributed by atoms with E-state index in [1.807, 2.05) is 58.6 Å². The third-order valence-corrected chi connectivity index (χ3v) is 6.80. The van der Waals surface area contributed by atoms with Crippen molar-refractivity contribution in [2.75, 3.05) is 11.1 Å². The topological polar surface area (TPSA) is 90.5 Å². The Labute approximate surface area is 194 Å². The van der Waals surface area contributed by atoms with Crippen LogP contribution in [0.4, 0.5) is 5.69 Å². The van der Waals surface area contributed by atoms with E-state index >= 15 is 0 Å². The standard InChI is InChI=1S/C22H23N7OS2/c1-4-29-20(18-8-6-5-7-15(18)2)25-27-22(29)31-13-19(30)24-16-9-11-17(12-10-16)32-21-26-23-14-28(21)3/h5-12,14H,4,13H2,1-3H3,(H,24,30). The summed E-state index contributed by atoms with van der Waals surface area (Å²) in [5, 5.41) is 21.1. The third kappa shape index (κ3) is 5.03. The Kier molecular flexibility index (Phi) is 6.91. The van der Waals surface area contributed by atoms with Gasteiger partial charge < -0.3 is 14.5 Å². The maximum absolute atomic E-state index is 12.5. The van der Waals surface area contributed by atoms with Crippen LogP contribution in [0, 0.1) is 6.92 Å². The minimum absolute atomic E-state index is 0.0909. The zero-order chi connectivity index (χ0) is 22.5. The Morgan fingerprint density at radius 3 is 2.50 bits per heavy atom. The van der Waals surface area contributed by atoms with Gasteiger partial charge in [0, 0.05) is 29.7 Å². The predicted octanol–water partition coefficient (Wildman–Crippen LogP) is 4.28. The van der Waals surface area contributed by atoms with Crippen molar-refractivity contribution in [3.63, 3.8) is 0 Å². The van der Waals surface area contributed by atoms with E-state index in [9.17, 15) is 4.79 Å². The van der Waals surface area contributed by atoms with Gasteiger partial charge in [-0.1, -0.05) is 36.0 Å². The molecule has 10 heteroatoms. The molecule has 0 bridgehead atoms. The number of hydrogen-bond donors (Lipinski definition) is 1. The summed E-state index contributed by atoms with van der Waals surface area (Å²) in [4.78, 5) is 13.5. The highest BCUT2D eigenvalue weighted by Gasteiger charge is 2.16. The highest BCUT2D eigenvalue weighted by atomic mass is 32.2. The van der Waals surface area contributed by atoms with Gasteiger partial charge in [0.15, 0.2) is 16.1 Å². The van der Waals surface area contributed by atoms with Crippen LogP contribution in [0.25, 0.3) is 11.4 Å². The van der Waals surface area contributed by atoms with Gasteiger partial charge in [-0.2, -0.15) is 0 Å². The molecule has 0 radical (unpaired) electrons. The van der Waals surface area contributed by atoms with Crippen LogP contribution in [0.2, 0.25) is 0 Å². The Bertz CT molecular complexity index is 1220. The fourth-order valence-electron chi connectivity index (χ4n) is 3.11. The van der Waals surface area contributed by atoms with Crippen LogP contribution in [0.5, 0.6) is 0 Å². The molecule has 0 aliphatic rings. The highest BCUT2D eigenvalue weighted by molar-refractivity contribution is 7.99. The lowest BCUT2D eigenvalue weighted by Gasteiger charge is -2.09. The first kappa shape index (κ1) is 22.1. The van der Waals surface area contributed by atoms with Gasteiger partial charge in [-0.15, -0.1) is 20.4 Å². The molecule has 2 aromatic carbocycles. The number of anilines is 1. The summed E-state index contributed by atoms with van der Waals surface area (Å²) < 4.78 is 3.90. The summed E-state index contributed by atoms with van der Waals surface area (Å²) in [6.45, 7) is 4.84. The first-order valence-corrected chi connectivity index (χ1v) is 11.9. The minimum Gasteiger partial charge on any atom is -0.325 e. The summed E-state index contributed by atoms with van der Waals surface area (Å²) >= 11 is 2.90. The molecule has 4 rings (SSSR count). The number of aryl methyl sites for hydroxylation is 2. The van der Waals surface area contributed by atoms with E-state index in [0.29, 0.717) is 0 Å². The number of aromatic nitrogens is 6. The number of nitrogens with one attached hydrogen (secondary N) is 1. The molecule has 0 saturated heterocycles. The molecule has 0 aliphatic heterocycles. The first-order chi connectivity index (χ1) is 15.5. The van der Waals surface area contributed by atoms with Gasteiger partial charge in [0.25, 0.3) is 0 Å². The molecule has 2 aromatic heterocycles. The Balaban J connectivity index is 1.36. The quantitative estimate of drug-likeness (QED) is 0.388. The molecule has 1 N–H and O–H groups in total. The number of nitrogens with zero attached hydrogens (tertiary/aromatic N) is 6. The second-order valence-corrected chi connectivity index (χ2v) is 9.04. The number of amides is 1. The number of carbonyl (C=O) groups is 1. The molecule has 0 saturated carbocycles. The normalized spacial score (nSPS) is 11.0. The van der Waals surface area contributed by atoms with Gasteiger partial charge in [-0.05, 0) is 55.4 Å². The molecule has 0 fully saturated rings. The van der Waals surface area contributed by atoms with Gasteiger partial charge in [-0.3, -0.25) is 4.79 Å². The molecular formula is C22H23N7OS2. The zero-order valence-electron chi connectivity index (χ0n) is 18.0. The molecule has 32 heavy (non-hydrogen) atoms. The van der Waals surface area contributed by atoms with E-state index in [1.165, 1.54) is 23.5 Å². The van der Waals surface area contributed by atoms with Gasteiger partial charge in [0.2, 0.25) is 5.91 Å². The van der Waals surface area contributed by atoms with E-state index < -0.39 is 0 Å². The second kappa shape index (κ2) is 10.0. The lowest BCUT2D eigenvalue weighted by Crippen LogP contribution is -2.14. The second-order valence-electron chi connectivity index (χ2n) is 7.05. The number of hydrogen-bond acceptors (Lipinski definition) is 7. The van der Waals surface area contributed by atoms with E-state index in [0.717, 1.165) is 44.4 Å². The third-order valence-electron chi connectivity index (χ3n) is 4.77. The maximum Gasteiger partial charge on any atom is 0.234 e. The van der Waals surface area contributed by atoms with Gasteiger partial charge in [0.05, 0.1) is 5.75 Å². The summed E-state index contributed by atoms with van der Waals surface area (Å²) in [5.41, 5.74) is 2.94. The number of thioether (sulfide) groups is 1. The van der Waals surface area contributed by atoms with Crippen LogP contribution in [0.1, 0.15) is 12.5 Å². The van der Waals surface area contributed by atoms with Crippen molar-refractivity contribution in [2.24, 2.45) is 7.05 Å². The average molecular weight is 466 g/mol. The van der Waals surface area contributed by atoms with Crippen LogP contribution in [-0.2, 0) is 18.4 Å². The molecule has 4 aromatic rings. The molecule has 8 nitrogen and oxygen atoms in total. The lowest BCUT2D eigenvalue weighted by molar-refractivity contribution is -0.113. The number of carbonyl (C=O) groups excluding carboxylic acids is 1. The number of rotatable bonds is 8. The Morgan fingerprint density at radius 1 is 1.03 bits per heavy atom. The fourth-order valence-corrected chi connectivity index (χ4v) is 4.67. The monoisotopic (exact) mass is 465 g/mol. The van der Waals surface area contributed by atoms with E-state index in [1.54, 1.807) is 6.33 Å². The van der Waals surface area contributed by atoms with Crippen molar-refractivity contribution < 1.29 is 4.79 Å². The summed E-state index contributed by atoms with van der Waals surface area (Å²) in [6.07, 6.45) is 1.66. The summed E-state index contributed by atoms with van der Waals surface area (Å²) in [7, 11) is 1.90. The van der Waals surface area contributed by atoms with Gasteiger partial charge in [-0.25, -0.2) is 0 Å². The van der Waals surface area contributed by atoms with Crippen LogP contribution < -0.4 is 5.32 Å². The largest absolute Gasteiger partial charge is 0.325 e. The molecule has 0 unspecified atom stereocenters. The smallest absolute Gasteiger partial charge is 0.234 e. The lowest BCUT2D eigenvalue weighted by atomic mass is 10.1. The van der Waals surface area contributed by atoms with E-state index in [-0.39, 0.29) is 11.7 Å². The van der Waals surface area contributed by atoms with E-state index in [2.05, 4.69) is 45.6 Å². The fraction of sp³-hybridized carbons (Fsp3) is 0.227. The summed E-state index contributed by atoms with van der Waals surface area (Å²) in [5.74, 6) is 0.984. The molecule has 0 spiro atoms. The SMILES string of the molecule is CCn1c(SCC(=O)Nc2ccc(Sc3nncn3C)cc2)nnc1-c1ccccc1C. The Hall–Kier alpha value is -3.11. The Morgan fingerprint density at radius 2 is 1.81 bits per heavy atom. The maximum atomic E-state index is 12.5. The van der Waals surface area contributed by atoms with Crippen LogP contribution >= 0.6 is 23.5 Å². The molecule has 1 amide bonds. The molecular weight excluding hydrogens is 442 g/mol. The van der Waals surface area contributed by atoms with Crippen molar-refractivity contribution in [3.05, 3.63) is 60.4 Å². The van der Waals surface area contributed by atoms with Crippen molar-refractivity contribution in [2.45, 2.75) is 35.6 Å². The predicted molar refractivity (Wildman–Crippen MR) is 127 cm³/mol. The van der Waals surface area contributed by atoms with Crippen molar-refractivity contribution in [1.82, 2.24) is 29.5 Å². The zero-order valence-corrected chi connectivity index (χ0v) is 19.7.